The van der Waals surface area contributed by atoms with Crippen LogP contribution in [0.5, 0.6) is 5.88 Å². The van der Waals surface area contributed by atoms with Crippen LogP contribution in [-0.4, -0.2) is 20.7 Å². The van der Waals surface area contributed by atoms with Crippen molar-refractivity contribution in [1.82, 2.24) is 9.78 Å². The second-order valence-electron chi connectivity index (χ2n) is 3.48. The minimum atomic E-state index is -0.606. The molecule has 1 aromatic heterocycles. The zero-order valence-corrected chi connectivity index (χ0v) is 10.5. The summed E-state index contributed by atoms with van der Waals surface area (Å²) in [6.45, 7) is 1.23. The second kappa shape index (κ2) is 4.21. The fourth-order valence-corrected chi connectivity index (χ4v) is 2.01. The van der Waals surface area contributed by atoms with Crippen LogP contribution < -0.4 is 5.56 Å². The van der Waals surface area contributed by atoms with Crippen molar-refractivity contribution >= 4 is 21.7 Å². The van der Waals surface area contributed by atoms with Gasteiger partial charge in [0, 0.05) is 4.47 Å². The van der Waals surface area contributed by atoms with Crippen LogP contribution in [0.2, 0.25) is 0 Å². The van der Waals surface area contributed by atoms with Crippen LogP contribution in [0.15, 0.2) is 33.5 Å². The number of carbonyl (C=O) groups excluding carboxylic acids is 1. The molecule has 6 heteroatoms. The molecule has 0 saturated carbocycles. The number of aromatic nitrogens is 2. The summed E-state index contributed by atoms with van der Waals surface area (Å²) in [5.41, 5.74) is -0.291. The van der Waals surface area contributed by atoms with E-state index in [9.17, 15) is 14.7 Å². The molecule has 1 aromatic carbocycles. The Balaban J connectivity index is 2.71. The first-order chi connectivity index (χ1) is 8.02. The maximum absolute atomic E-state index is 11.5. The summed E-state index contributed by atoms with van der Waals surface area (Å²) in [4.78, 5) is 22.7. The highest BCUT2D eigenvalue weighted by Crippen LogP contribution is 2.24. The molecule has 2 N–H and O–H groups in total. The highest BCUT2D eigenvalue weighted by atomic mass is 79.9. The van der Waals surface area contributed by atoms with Crippen molar-refractivity contribution in [1.29, 1.82) is 0 Å². The quantitative estimate of drug-likeness (QED) is 0.830. The van der Waals surface area contributed by atoms with Gasteiger partial charge < -0.3 is 5.11 Å². The number of aromatic hydroxyl groups is 1. The number of nitrogens with zero attached hydrogens (tertiary/aromatic N) is 1. The Bertz CT molecular complexity index is 642. The number of benzene rings is 1. The summed E-state index contributed by atoms with van der Waals surface area (Å²) < 4.78 is 1.86. The van der Waals surface area contributed by atoms with E-state index < -0.39 is 11.3 Å². The van der Waals surface area contributed by atoms with E-state index in [-0.39, 0.29) is 11.4 Å². The Kier molecular flexibility index (Phi) is 2.89. The molecule has 2 rings (SSSR count). The number of aromatic amines is 1. The van der Waals surface area contributed by atoms with Crippen LogP contribution in [0.25, 0.3) is 5.69 Å². The SMILES string of the molecule is CC(=O)c1c(O)n(-c2ccccc2Br)[nH]c1=O. The lowest BCUT2D eigenvalue weighted by molar-refractivity contribution is 0.101. The molecule has 0 unspecified atom stereocenters. The standard InChI is InChI=1S/C11H9BrN2O3/c1-6(15)9-10(16)13-14(11(9)17)8-5-3-2-4-7(8)12/h2-5,17H,1H3,(H,13,16). The Labute approximate surface area is 105 Å². The molecule has 0 bridgehead atoms. The van der Waals surface area contributed by atoms with Gasteiger partial charge in [0.1, 0.15) is 5.56 Å². The molecular formula is C11H9BrN2O3. The third-order valence-electron chi connectivity index (χ3n) is 2.32. The molecule has 0 aliphatic heterocycles. The lowest BCUT2D eigenvalue weighted by atomic mass is 10.2. The molecule has 88 valence electrons. The first-order valence-electron chi connectivity index (χ1n) is 4.82. The molecule has 0 radical (unpaired) electrons. The summed E-state index contributed by atoms with van der Waals surface area (Å²) >= 11 is 3.30. The van der Waals surface area contributed by atoms with Gasteiger partial charge in [0.05, 0.1) is 5.69 Å². The predicted molar refractivity (Wildman–Crippen MR) is 65.8 cm³/mol. The Morgan fingerprint density at radius 3 is 2.59 bits per heavy atom. The van der Waals surface area contributed by atoms with Gasteiger partial charge >= 0.3 is 0 Å². The number of halogens is 1. The lowest BCUT2D eigenvalue weighted by Gasteiger charge is -2.06. The third-order valence-corrected chi connectivity index (χ3v) is 2.99. The third kappa shape index (κ3) is 1.91. The van der Waals surface area contributed by atoms with Gasteiger partial charge in [0.25, 0.3) is 5.56 Å². The number of rotatable bonds is 2. The molecule has 0 fully saturated rings. The van der Waals surface area contributed by atoms with E-state index in [0.29, 0.717) is 10.2 Å². The molecule has 0 spiro atoms. The molecule has 17 heavy (non-hydrogen) atoms. The predicted octanol–water partition coefficient (Wildman–Crippen LogP) is 1.84. The largest absolute Gasteiger partial charge is 0.493 e. The summed E-state index contributed by atoms with van der Waals surface area (Å²) in [7, 11) is 0. The van der Waals surface area contributed by atoms with Gasteiger partial charge in [0.2, 0.25) is 5.88 Å². The molecule has 0 amide bonds. The van der Waals surface area contributed by atoms with Crippen molar-refractivity contribution in [2.75, 3.05) is 0 Å². The van der Waals surface area contributed by atoms with Crippen molar-refractivity contribution in [2.24, 2.45) is 0 Å². The van der Waals surface area contributed by atoms with E-state index in [0.717, 1.165) is 0 Å². The van der Waals surface area contributed by atoms with E-state index in [2.05, 4.69) is 21.0 Å². The summed E-state index contributed by atoms with van der Waals surface area (Å²) in [6, 6.07) is 7.02. The molecule has 0 saturated heterocycles. The molecule has 5 nitrogen and oxygen atoms in total. The average molecular weight is 297 g/mol. The molecule has 0 aliphatic rings. The highest BCUT2D eigenvalue weighted by Gasteiger charge is 2.19. The first-order valence-corrected chi connectivity index (χ1v) is 5.61. The summed E-state index contributed by atoms with van der Waals surface area (Å²) in [5, 5.41) is 12.3. The van der Waals surface area contributed by atoms with E-state index in [1.165, 1.54) is 11.6 Å². The molecule has 0 aliphatic carbocycles. The Hall–Kier alpha value is -1.82. The molecule has 2 aromatic rings. The van der Waals surface area contributed by atoms with Crippen LogP contribution in [-0.2, 0) is 0 Å². The summed E-state index contributed by atoms with van der Waals surface area (Å²) in [6.07, 6.45) is 0. The number of hydrogen-bond acceptors (Lipinski definition) is 3. The maximum atomic E-state index is 11.5. The van der Waals surface area contributed by atoms with Gasteiger partial charge in [-0.2, -0.15) is 0 Å². The number of Topliss-reactive ketones (excluding diaryl/α,β-unsaturated/α-hetero) is 1. The van der Waals surface area contributed by atoms with Crippen molar-refractivity contribution in [3.8, 4) is 11.6 Å². The van der Waals surface area contributed by atoms with E-state index in [4.69, 9.17) is 0 Å². The van der Waals surface area contributed by atoms with Crippen molar-refractivity contribution in [2.45, 2.75) is 6.92 Å². The van der Waals surface area contributed by atoms with Gasteiger partial charge in [-0.3, -0.25) is 14.7 Å². The minimum Gasteiger partial charge on any atom is -0.493 e. The van der Waals surface area contributed by atoms with Crippen molar-refractivity contribution in [3.63, 3.8) is 0 Å². The molecular weight excluding hydrogens is 288 g/mol. The number of H-pyrrole nitrogens is 1. The zero-order valence-electron chi connectivity index (χ0n) is 8.90. The zero-order chi connectivity index (χ0) is 12.6. The number of nitrogens with one attached hydrogen (secondary N) is 1. The average Bonchev–Trinajstić information content (AvgIpc) is 2.55. The number of para-hydroxylation sites is 1. The number of hydrogen-bond donors (Lipinski definition) is 2. The fraction of sp³-hybridized carbons (Fsp3) is 0.0909. The molecule has 1 heterocycles. The van der Waals surface area contributed by atoms with Crippen LogP contribution in [0.3, 0.4) is 0 Å². The fourth-order valence-electron chi connectivity index (χ4n) is 1.55. The first kappa shape index (κ1) is 11.7. The highest BCUT2D eigenvalue weighted by molar-refractivity contribution is 9.10. The van der Waals surface area contributed by atoms with E-state index in [1.807, 2.05) is 0 Å². The van der Waals surface area contributed by atoms with Gasteiger partial charge in [-0.05, 0) is 35.0 Å². The smallest absolute Gasteiger partial charge is 0.279 e. The molecule has 0 atom stereocenters. The normalized spacial score (nSPS) is 10.5. The van der Waals surface area contributed by atoms with E-state index in [1.54, 1.807) is 24.3 Å². The number of ketones is 1. The van der Waals surface area contributed by atoms with E-state index >= 15 is 0 Å². The summed E-state index contributed by atoms with van der Waals surface area (Å²) in [5.74, 6) is -0.857. The second-order valence-corrected chi connectivity index (χ2v) is 4.34. The van der Waals surface area contributed by atoms with Crippen molar-refractivity contribution < 1.29 is 9.90 Å². The lowest BCUT2D eigenvalue weighted by Crippen LogP contribution is -2.10. The Morgan fingerprint density at radius 1 is 1.41 bits per heavy atom. The van der Waals surface area contributed by atoms with Crippen LogP contribution >= 0.6 is 15.9 Å². The van der Waals surface area contributed by atoms with Crippen LogP contribution in [0.1, 0.15) is 17.3 Å². The monoisotopic (exact) mass is 296 g/mol. The van der Waals surface area contributed by atoms with Crippen molar-refractivity contribution in [3.05, 3.63) is 44.7 Å². The van der Waals surface area contributed by atoms with Gasteiger partial charge in [0.15, 0.2) is 5.78 Å². The minimum absolute atomic E-state index is 0.235. The Morgan fingerprint density at radius 2 is 2.06 bits per heavy atom. The van der Waals surface area contributed by atoms with Crippen LogP contribution in [0, 0.1) is 0 Å². The van der Waals surface area contributed by atoms with Gasteiger partial charge in [-0.25, -0.2) is 4.68 Å². The van der Waals surface area contributed by atoms with Gasteiger partial charge in [-0.15, -0.1) is 0 Å². The van der Waals surface area contributed by atoms with Gasteiger partial charge in [-0.1, -0.05) is 12.1 Å². The topological polar surface area (TPSA) is 75.1 Å². The van der Waals surface area contributed by atoms with Crippen LogP contribution in [0.4, 0.5) is 0 Å². The maximum Gasteiger partial charge on any atom is 0.279 e. The number of carbonyl (C=O) groups is 1.